The lowest BCUT2D eigenvalue weighted by molar-refractivity contribution is -0.136. The molecule has 1 fully saturated rings. The Bertz CT molecular complexity index is 194. The third-order valence-corrected chi connectivity index (χ3v) is 2.99. The molecular weight excluding hydrogens is 205 g/mol. The van der Waals surface area contributed by atoms with Gasteiger partial charge in [-0.1, -0.05) is 6.92 Å². The summed E-state index contributed by atoms with van der Waals surface area (Å²) in [5, 5.41) is 0. The standard InChI is InChI=1S/C10H19F3N2/c1-8-7-15(6-3-9(8)14)5-2-4-10(11,12)13/h8-9H,2-7,14H2,1H3. The lowest BCUT2D eigenvalue weighted by Crippen LogP contribution is -2.46. The van der Waals surface area contributed by atoms with E-state index in [4.69, 9.17) is 5.73 Å². The molecule has 1 rings (SSSR count). The van der Waals surface area contributed by atoms with Gasteiger partial charge in [-0.15, -0.1) is 0 Å². The molecule has 0 saturated carbocycles. The average Bonchev–Trinajstić information content (AvgIpc) is 2.09. The van der Waals surface area contributed by atoms with E-state index < -0.39 is 12.6 Å². The fourth-order valence-electron chi connectivity index (χ4n) is 1.96. The molecule has 0 aliphatic carbocycles. The van der Waals surface area contributed by atoms with Crippen LogP contribution >= 0.6 is 0 Å². The molecule has 1 aliphatic heterocycles. The topological polar surface area (TPSA) is 29.3 Å². The van der Waals surface area contributed by atoms with Crippen LogP contribution in [0.3, 0.4) is 0 Å². The molecule has 2 atom stereocenters. The van der Waals surface area contributed by atoms with Crippen molar-refractivity contribution in [3.05, 3.63) is 0 Å². The first kappa shape index (κ1) is 12.8. The second kappa shape index (κ2) is 5.16. The summed E-state index contributed by atoms with van der Waals surface area (Å²) in [6.07, 6.45) is -3.60. The van der Waals surface area contributed by atoms with E-state index in [1.807, 2.05) is 0 Å². The summed E-state index contributed by atoms with van der Waals surface area (Å²) in [7, 11) is 0. The van der Waals surface area contributed by atoms with Crippen LogP contribution in [0.4, 0.5) is 13.2 Å². The highest BCUT2D eigenvalue weighted by molar-refractivity contribution is 4.79. The highest BCUT2D eigenvalue weighted by Crippen LogP contribution is 2.22. The summed E-state index contributed by atoms with van der Waals surface area (Å²) in [5.74, 6) is 0.393. The number of alkyl halides is 3. The molecule has 1 aliphatic rings. The molecule has 0 radical (unpaired) electrons. The molecule has 0 bridgehead atoms. The molecule has 0 spiro atoms. The van der Waals surface area contributed by atoms with E-state index >= 15 is 0 Å². The smallest absolute Gasteiger partial charge is 0.327 e. The number of rotatable bonds is 3. The molecule has 0 aromatic rings. The Balaban J connectivity index is 2.17. The van der Waals surface area contributed by atoms with E-state index in [1.54, 1.807) is 0 Å². The number of piperidine rings is 1. The van der Waals surface area contributed by atoms with Crippen molar-refractivity contribution in [1.82, 2.24) is 4.90 Å². The number of halogens is 3. The third kappa shape index (κ3) is 4.84. The molecule has 1 heterocycles. The maximum absolute atomic E-state index is 11.9. The first-order valence-corrected chi connectivity index (χ1v) is 5.43. The van der Waals surface area contributed by atoms with Gasteiger partial charge in [0.1, 0.15) is 0 Å². The van der Waals surface area contributed by atoms with Crippen LogP contribution < -0.4 is 5.73 Å². The van der Waals surface area contributed by atoms with E-state index in [1.165, 1.54) is 0 Å². The zero-order chi connectivity index (χ0) is 11.5. The van der Waals surface area contributed by atoms with Crippen LogP contribution in [-0.2, 0) is 0 Å². The molecule has 0 amide bonds. The van der Waals surface area contributed by atoms with Crippen molar-refractivity contribution in [2.75, 3.05) is 19.6 Å². The Kier molecular flexibility index (Phi) is 4.40. The summed E-state index contributed by atoms with van der Waals surface area (Å²) in [6.45, 7) is 4.26. The minimum Gasteiger partial charge on any atom is -0.327 e. The summed E-state index contributed by atoms with van der Waals surface area (Å²) < 4.78 is 35.7. The summed E-state index contributed by atoms with van der Waals surface area (Å²) in [5.41, 5.74) is 5.83. The van der Waals surface area contributed by atoms with Crippen molar-refractivity contribution < 1.29 is 13.2 Å². The number of nitrogens with two attached hydrogens (primary N) is 1. The van der Waals surface area contributed by atoms with Gasteiger partial charge in [-0.2, -0.15) is 13.2 Å². The van der Waals surface area contributed by atoms with Crippen LogP contribution in [-0.4, -0.2) is 36.8 Å². The predicted octanol–water partition coefficient (Wildman–Crippen LogP) is 2.00. The molecule has 2 unspecified atom stereocenters. The van der Waals surface area contributed by atoms with Crippen LogP contribution in [0.25, 0.3) is 0 Å². The maximum Gasteiger partial charge on any atom is 0.389 e. The second-order valence-electron chi connectivity index (χ2n) is 4.45. The minimum absolute atomic E-state index is 0.200. The van der Waals surface area contributed by atoms with E-state index in [-0.39, 0.29) is 12.5 Å². The van der Waals surface area contributed by atoms with Gasteiger partial charge in [0.05, 0.1) is 0 Å². The van der Waals surface area contributed by atoms with Crippen molar-refractivity contribution >= 4 is 0 Å². The van der Waals surface area contributed by atoms with Crippen LogP contribution in [0.15, 0.2) is 0 Å². The highest BCUT2D eigenvalue weighted by atomic mass is 19.4. The van der Waals surface area contributed by atoms with Gasteiger partial charge >= 0.3 is 6.18 Å². The monoisotopic (exact) mass is 224 g/mol. The Morgan fingerprint density at radius 3 is 2.60 bits per heavy atom. The Morgan fingerprint density at radius 2 is 2.07 bits per heavy atom. The van der Waals surface area contributed by atoms with Crippen molar-refractivity contribution in [2.45, 2.75) is 38.4 Å². The molecular formula is C10H19F3N2. The fourth-order valence-corrected chi connectivity index (χ4v) is 1.96. The molecule has 0 aromatic heterocycles. The van der Waals surface area contributed by atoms with Crippen LogP contribution in [0, 0.1) is 5.92 Å². The van der Waals surface area contributed by atoms with E-state index in [0.717, 1.165) is 19.5 Å². The predicted molar refractivity (Wildman–Crippen MR) is 53.5 cm³/mol. The molecule has 0 aromatic carbocycles. The van der Waals surface area contributed by atoms with Crippen molar-refractivity contribution in [3.8, 4) is 0 Å². The number of hydrogen-bond donors (Lipinski definition) is 1. The van der Waals surface area contributed by atoms with Crippen LogP contribution in [0.2, 0.25) is 0 Å². The van der Waals surface area contributed by atoms with Crippen molar-refractivity contribution in [3.63, 3.8) is 0 Å². The van der Waals surface area contributed by atoms with Gasteiger partial charge in [0.25, 0.3) is 0 Å². The molecule has 2 N–H and O–H groups in total. The number of hydrogen-bond acceptors (Lipinski definition) is 2. The van der Waals surface area contributed by atoms with E-state index in [2.05, 4.69) is 11.8 Å². The Morgan fingerprint density at radius 1 is 1.40 bits per heavy atom. The maximum atomic E-state index is 11.9. The van der Waals surface area contributed by atoms with E-state index in [9.17, 15) is 13.2 Å². The Hall–Kier alpha value is -0.290. The summed E-state index contributed by atoms with van der Waals surface area (Å²) in [4.78, 5) is 2.08. The highest BCUT2D eigenvalue weighted by Gasteiger charge is 2.28. The molecule has 1 saturated heterocycles. The molecule has 15 heavy (non-hydrogen) atoms. The summed E-state index contributed by atoms with van der Waals surface area (Å²) in [6, 6.07) is 0.212. The van der Waals surface area contributed by atoms with Gasteiger partial charge < -0.3 is 10.6 Å². The minimum atomic E-state index is -4.02. The van der Waals surface area contributed by atoms with Gasteiger partial charge in [0, 0.05) is 19.0 Å². The van der Waals surface area contributed by atoms with Gasteiger partial charge in [-0.3, -0.25) is 0 Å². The number of nitrogens with zero attached hydrogens (tertiary/aromatic N) is 1. The zero-order valence-corrected chi connectivity index (χ0v) is 9.06. The molecule has 2 nitrogen and oxygen atoms in total. The third-order valence-electron chi connectivity index (χ3n) is 2.99. The van der Waals surface area contributed by atoms with Gasteiger partial charge in [-0.05, 0) is 31.8 Å². The van der Waals surface area contributed by atoms with Crippen molar-refractivity contribution in [1.29, 1.82) is 0 Å². The van der Waals surface area contributed by atoms with Crippen LogP contribution in [0.1, 0.15) is 26.2 Å². The van der Waals surface area contributed by atoms with Gasteiger partial charge in [0.15, 0.2) is 0 Å². The average molecular weight is 224 g/mol. The van der Waals surface area contributed by atoms with Crippen molar-refractivity contribution in [2.24, 2.45) is 11.7 Å². The van der Waals surface area contributed by atoms with Gasteiger partial charge in [-0.25, -0.2) is 0 Å². The van der Waals surface area contributed by atoms with E-state index in [0.29, 0.717) is 12.5 Å². The molecule has 90 valence electrons. The lowest BCUT2D eigenvalue weighted by Gasteiger charge is -2.35. The van der Waals surface area contributed by atoms with Crippen LogP contribution in [0.5, 0.6) is 0 Å². The molecule has 5 heteroatoms. The largest absolute Gasteiger partial charge is 0.389 e. The lowest BCUT2D eigenvalue weighted by atomic mass is 9.95. The number of likely N-dealkylation sites (tertiary alicyclic amines) is 1. The fraction of sp³-hybridized carbons (Fsp3) is 1.00. The first-order chi connectivity index (χ1) is 6.88. The second-order valence-corrected chi connectivity index (χ2v) is 4.45. The SMILES string of the molecule is CC1CN(CCCC(F)(F)F)CCC1N. The zero-order valence-electron chi connectivity index (χ0n) is 9.06. The quantitative estimate of drug-likeness (QED) is 0.794. The first-order valence-electron chi connectivity index (χ1n) is 5.43. The van der Waals surface area contributed by atoms with Gasteiger partial charge in [0.2, 0.25) is 0 Å². The Labute approximate surface area is 88.6 Å². The normalized spacial score (nSPS) is 29.4. The summed E-state index contributed by atoms with van der Waals surface area (Å²) >= 11 is 0.